The maximum Gasteiger partial charge on any atom is 0.434 e. The number of ether oxygens (including phenoxy) is 2. The number of esters is 2. The van der Waals surface area contributed by atoms with Crippen molar-refractivity contribution in [1.29, 1.82) is 0 Å². The molecule has 0 bridgehead atoms. The second kappa shape index (κ2) is 8.63. The normalized spacial score (nSPS) is 11.6. The first-order valence-corrected chi connectivity index (χ1v) is 8.87. The molecule has 2 heterocycles. The zero-order valence-corrected chi connectivity index (χ0v) is 15.4. The molecular formula is C17H14F5NO4S. The number of alkyl halides is 5. The standard InChI is InChI=1S/C17H14F5NO4S/c1-3-26-15(24)10-9(8-5-6-28-7-8)11(16(25)27-4-2)13(17(20,21)22)23-12(10)14(18)19/h5-7,14H,3-4H2,1-2H3. The summed E-state index contributed by atoms with van der Waals surface area (Å²) in [6, 6.07) is 1.29. The van der Waals surface area contributed by atoms with Gasteiger partial charge in [-0.25, -0.2) is 23.4 Å². The first kappa shape index (κ1) is 21.7. The summed E-state index contributed by atoms with van der Waals surface area (Å²) in [6.07, 6.45) is -8.77. The molecule has 0 saturated carbocycles. The molecule has 0 N–H and O–H groups in total. The van der Waals surface area contributed by atoms with Crippen molar-refractivity contribution in [2.24, 2.45) is 0 Å². The summed E-state index contributed by atoms with van der Waals surface area (Å²) in [7, 11) is 0. The van der Waals surface area contributed by atoms with E-state index in [1.54, 1.807) is 0 Å². The third-order valence-electron chi connectivity index (χ3n) is 3.47. The Balaban J connectivity index is 3.04. The Kier molecular flexibility index (Phi) is 6.70. The molecule has 2 rings (SSSR count). The van der Waals surface area contributed by atoms with E-state index in [4.69, 9.17) is 4.74 Å². The lowest BCUT2D eigenvalue weighted by Crippen LogP contribution is -2.24. The summed E-state index contributed by atoms with van der Waals surface area (Å²) >= 11 is 1.04. The van der Waals surface area contributed by atoms with Gasteiger partial charge < -0.3 is 9.47 Å². The van der Waals surface area contributed by atoms with Crippen molar-refractivity contribution in [2.75, 3.05) is 13.2 Å². The van der Waals surface area contributed by atoms with E-state index in [1.165, 1.54) is 30.7 Å². The van der Waals surface area contributed by atoms with Gasteiger partial charge in [0.2, 0.25) is 0 Å². The van der Waals surface area contributed by atoms with Crippen molar-refractivity contribution in [1.82, 2.24) is 4.98 Å². The minimum atomic E-state index is -5.25. The Bertz CT molecular complexity index is 865. The van der Waals surface area contributed by atoms with E-state index in [-0.39, 0.29) is 18.8 Å². The van der Waals surface area contributed by atoms with Crippen molar-refractivity contribution in [3.63, 3.8) is 0 Å². The van der Waals surface area contributed by atoms with Crippen molar-refractivity contribution in [3.05, 3.63) is 39.3 Å². The Hall–Kier alpha value is -2.56. The molecule has 28 heavy (non-hydrogen) atoms. The van der Waals surface area contributed by atoms with Crippen LogP contribution in [0.2, 0.25) is 0 Å². The zero-order valence-electron chi connectivity index (χ0n) is 14.6. The van der Waals surface area contributed by atoms with Gasteiger partial charge in [0, 0.05) is 5.56 Å². The SMILES string of the molecule is CCOC(=O)c1c(C(F)F)nc(C(F)(F)F)c(C(=O)OCC)c1-c1ccsc1. The fourth-order valence-electron chi connectivity index (χ4n) is 2.47. The summed E-state index contributed by atoms with van der Waals surface area (Å²) in [5, 5.41) is 2.77. The van der Waals surface area contributed by atoms with E-state index in [0.29, 0.717) is 0 Å². The summed E-state index contributed by atoms with van der Waals surface area (Å²) in [4.78, 5) is 27.6. The molecule has 0 saturated heterocycles. The molecule has 2 aromatic heterocycles. The van der Waals surface area contributed by atoms with Crippen LogP contribution in [0.15, 0.2) is 16.8 Å². The van der Waals surface area contributed by atoms with E-state index in [9.17, 15) is 31.5 Å². The quantitative estimate of drug-likeness (QED) is 0.477. The van der Waals surface area contributed by atoms with Crippen LogP contribution >= 0.6 is 11.3 Å². The number of carbonyl (C=O) groups excluding carboxylic acids is 2. The van der Waals surface area contributed by atoms with Crippen LogP contribution in [-0.2, 0) is 15.7 Å². The van der Waals surface area contributed by atoms with Gasteiger partial charge in [-0.05, 0) is 36.2 Å². The van der Waals surface area contributed by atoms with Gasteiger partial charge in [0.1, 0.15) is 5.69 Å². The number of nitrogens with zero attached hydrogens (tertiary/aromatic N) is 1. The third-order valence-corrected chi connectivity index (χ3v) is 4.15. The minimum absolute atomic E-state index is 0.0362. The Morgan fingerprint density at radius 1 is 1.11 bits per heavy atom. The predicted octanol–water partition coefficient (Wildman–Crippen LogP) is 5.12. The Morgan fingerprint density at radius 3 is 2.11 bits per heavy atom. The predicted molar refractivity (Wildman–Crippen MR) is 89.4 cm³/mol. The van der Waals surface area contributed by atoms with Gasteiger partial charge in [-0.3, -0.25) is 0 Å². The molecule has 152 valence electrons. The third kappa shape index (κ3) is 4.29. The first-order chi connectivity index (χ1) is 13.1. The van der Waals surface area contributed by atoms with Gasteiger partial charge in [0.25, 0.3) is 6.43 Å². The van der Waals surface area contributed by atoms with Crippen LogP contribution < -0.4 is 0 Å². The molecule has 0 aromatic carbocycles. The summed E-state index contributed by atoms with van der Waals surface area (Å²) in [5.41, 5.74) is -5.95. The molecular weight excluding hydrogens is 409 g/mol. The van der Waals surface area contributed by atoms with E-state index < -0.39 is 52.6 Å². The summed E-state index contributed by atoms with van der Waals surface area (Å²) in [5.74, 6) is -2.75. The molecule has 0 unspecified atom stereocenters. The van der Waals surface area contributed by atoms with Crippen molar-refractivity contribution < 1.29 is 41.0 Å². The number of hydrogen-bond donors (Lipinski definition) is 0. The lowest BCUT2D eigenvalue weighted by Gasteiger charge is -2.20. The van der Waals surface area contributed by atoms with Crippen molar-refractivity contribution in [3.8, 4) is 11.1 Å². The average molecular weight is 423 g/mol. The first-order valence-electron chi connectivity index (χ1n) is 7.93. The molecule has 0 radical (unpaired) electrons. The highest BCUT2D eigenvalue weighted by Gasteiger charge is 2.43. The molecule has 0 amide bonds. The Labute approximate surface area is 160 Å². The van der Waals surface area contributed by atoms with Crippen LogP contribution in [0.1, 0.15) is 52.4 Å². The van der Waals surface area contributed by atoms with Crippen LogP contribution in [0, 0.1) is 0 Å². The van der Waals surface area contributed by atoms with Gasteiger partial charge in [-0.15, -0.1) is 0 Å². The van der Waals surface area contributed by atoms with Crippen LogP contribution in [0.5, 0.6) is 0 Å². The molecule has 2 aromatic rings. The van der Waals surface area contributed by atoms with Gasteiger partial charge >= 0.3 is 18.1 Å². The summed E-state index contributed by atoms with van der Waals surface area (Å²) in [6.45, 7) is 2.27. The molecule has 0 spiro atoms. The number of thiophene rings is 1. The zero-order chi connectivity index (χ0) is 21.1. The van der Waals surface area contributed by atoms with Crippen molar-refractivity contribution in [2.45, 2.75) is 26.4 Å². The highest BCUT2D eigenvalue weighted by Crippen LogP contribution is 2.41. The van der Waals surface area contributed by atoms with Crippen LogP contribution in [0.3, 0.4) is 0 Å². The number of aromatic nitrogens is 1. The fourth-order valence-corrected chi connectivity index (χ4v) is 3.12. The average Bonchev–Trinajstić information content (AvgIpc) is 3.13. The van der Waals surface area contributed by atoms with Gasteiger partial charge in [0.15, 0.2) is 5.69 Å². The molecule has 0 aliphatic heterocycles. The smallest absolute Gasteiger partial charge is 0.434 e. The summed E-state index contributed by atoms with van der Waals surface area (Å²) < 4.78 is 77.2. The topological polar surface area (TPSA) is 65.5 Å². The number of rotatable bonds is 6. The molecule has 11 heteroatoms. The molecule has 0 fully saturated rings. The molecule has 5 nitrogen and oxygen atoms in total. The lowest BCUT2D eigenvalue weighted by molar-refractivity contribution is -0.142. The molecule has 0 aliphatic carbocycles. The van der Waals surface area contributed by atoms with E-state index in [1.807, 2.05) is 0 Å². The van der Waals surface area contributed by atoms with Crippen LogP contribution in [0.4, 0.5) is 22.0 Å². The molecule has 0 atom stereocenters. The minimum Gasteiger partial charge on any atom is -0.462 e. The second-order valence-electron chi connectivity index (χ2n) is 5.22. The molecule has 0 aliphatic rings. The maximum absolute atomic E-state index is 13.6. The highest BCUT2D eigenvalue weighted by molar-refractivity contribution is 7.08. The largest absolute Gasteiger partial charge is 0.462 e. The van der Waals surface area contributed by atoms with Crippen LogP contribution in [-0.4, -0.2) is 30.1 Å². The second-order valence-corrected chi connectivity index (χ2v) is 6.00. The van der Waals surface area contributed by atoms with Gasteiger partial charge in [-0.2, -0.15) is 24.5 Å². The van der Waals surface area contributed by atoms with E-state index in [2.05, 4.69) is 9.72 Å². The van der Waals surface area contributed by atoms with E-state index in [0.717, 1.165) is 11.3 Å². The fraction of sp³-hybridized carbons (Fsp3) is 0.353. The van der Waals surface area contributed by atoms with Gasteiger partial charge in [0.05, 0.1) is 24.3 Å². The maximum atomic E-state index is 13.6. The van der Waals surface area contributed by atoms with E-state index >= 15 is 0 Å². The van der Waals surface area contributed by atoms with Gasteiger partial charge in [-0.1, -0.05) is 0 Å². The number of hydrogen-bond acceptors (Lipinski definition) is 6. The number of halogens is 5. The van der Waals surface area contributed by atoms with Crippen LogP contribution in [0.25, 0.3) is 11.1 Å². The number of carbonyl (C=O) groups is 2. The highest BCUT2D eigenvalue weighted by atomic mass is 32.1. The number of pyridine rings is 1. The Morgan fingerprint density at radius 2 is 1.68 bits per heavy atom. The van der Waals surface area contributed by atoms with Crippen molar-refractivity contribution >= 4 is 23.3 Å². The monoisotopic (exact) mass is 423 g/mol. The lowest BCUT2D eigenvalue weighted by atomic mass is 9.93.